The minimum absolute atomic E-state index is 0.00160. The summed E-state index contributed by atoms with van der Waals surface area (Å²) in [7, 11) is 3.82. The molecule has 9 nitrogen and oxygen atoms in total. The van der Waals surface area contributed by atoms with E-state index < -0.39 is 0 Å². The third-order valence-corrected chi connectivity index (χ3v) is 5.65. The molecule has 2 aromatic heterocycles. The van der Waals surface area contributed by atoms with Crippen LogP contribution < -0.4 is 10.2 Å². The number of aliphatic imine (C=N–C) groups is 1. The SMILES string of the molecule is CN(C)c1cc(-c2cnn(C3=NCC(C(=O)NCC4CCOCC4)C=C3)c2O)ccn1. The fourth-order valence-corrected chi connectivity index (χ4v) is 3.69. The van der Waals surface area contributed by atoms with Crippen LogP contribution in [0.2, 0.25) is 0 Å². The third-order valence-electron chi connectivity index (χ3n) is 5.65. The van der Waals surface area contributed by atoms with Crippen LogP contribution in [0.5, 0.6) is 5.88 Å². The first-order valence-corrected chi connectivity index (χ1v) is 10.5. The number of nitrogens with zero attached hydrogens (tertiary/aromatic N) is 5. The number of amides is 1. The lowest BCUT2D eigenvalue weighted by Crippen LogP contribution is -2.37. The van der Waals surface area contributed by atoms with Gasteiger partial charge in [-0.25, -0.2) is 4.98 Å². The maximum absolute atomic E-state index is 12.5. The van der Waals surface area contributed by atoms with Gasteiger partial charge in [-0.1, -0.05) is 6.08 Å². The maximum atomic E-state index is 12.5. The second-order valence-corrected chi connectivity index (χ2v) is 8.06. The van der Waals surface area contributed by atoms with E-state index in [0.717, 1.165) is 37.4 Å². The number of allylic oxidation sites excluding steroid dienone is 1. The Balaban J connectivity index is 1.40. The fourth-order valence-electron chi connectivity index (χ4n) is 3.69. The van der Waals surface area contributed by atoms with Crippen molar-refractivity contribution in [1.29, 1.82) is 0 Å². The summed E-state index contributed by atoms with van der Waals surface area (Å²) in [6.45, 7) is 2.53. The molecule has 9 heteroatoms. The molecule has 2 aliphatic heterocycles. The van der Waals surface area contributed by atoms with Crippen LogP contribution >= 0.6 is 0 Å². The standard InChI is InChI=1S/C22H28N6O3/c1-27(2)20-11-16(5-8-23-20)18-14-26-28(22(18)30)19-4-3-17(13-24-19)21(29)25-12-15-6-9-31-10-7-15/h3-5,8,11,14-15,17,30H,6-7,9-10,12-13H2,1-2H3,(H,25,29). The predicted octanol–water partition coefficient (Wildman–Crippen LogP) is 1.69. The highest BCUT2D eigenvalue weighted by Crippen LogP contribution is 2.30. The number of hydrogen-bond acceptors (Lipinski definition) is 7. The molecule has 0 spiro atoms. The van der Waals surface area contributed by atoms with Gasteiger partial charge >= 0.3 is 0 Å². The quantitative estimate of drug-likeness (QED) is 0.757. The molecule has 1 saturated heterocycles. The molecule has 0 aromatic carbocycles. The molecule has 2 N–H and O–H groups in total. The third kappa shape index (κ3) is 4.77. The average molecular weight is 425 g/mol. The topological polar surface area (TPSA) is 105 Å². The van der Waals surface area contributed by atoms with E-state index in [-0.39, 0.29) is 17.7 Å². The highest BCUT2D eigenvalue weighted by Gasteiger charge is 2.23. The van der Waals surface area contributed by atoms with E-state index in [0.29, 0.717) is 30.4 Å². The van der Waals surface area contributed by atoms with E-state index in [2.05, 4.69) is 20.4 Å². The monoisotopic (exact) mass is 424 g/mol. The van der Waals surface area contributed by atoms with Crippen LogP contribution in [0.1, 0.15) is 12.8 Å². The first kappa shape index (κ1) is 21.0. The molecule has 2 aromatic rings. The average Bonchev–Trinajstić information content (AvgIpc) is 3.19. The number of anilines is 1. The van der Waals surface area contributed by atoms with Crippen LogP contribution in [-0.2, 0) is 9.53 Å². The number of rotatable bonds is 5. The molecule has 1 fully saturated rings. The smallest absolute Gasteiger partial charge is 0.228 e. The Bertz CT molecular complexity index is 991. The molecule has 164 valence electrons. The number of carbonyl (C=O) groups is 1. The van der Waals surface area contributed by atoms with Gasteiger partial charge in [0.1, 0.15) is 5.82 Å². The van der Waals surface area contributed by atoms with E-state index in [1.807, 2.05) is 37.2 Å². The van der Waals surface area contributed by atoms with Crippen LogP contribution in [0.15, 0.2) is 41.7 Å². The zero-order chi connectivity index (χ0) is 21.8. The summed E-state index contributed by atoms with van der Waals surface area (Å²) < 4.78 is 6.74. The first-order chi connectivity index (χ1) is 15.0. The van der Waals surface area contributed by atoms with Crippen molar-refractivity contribution in [2.45, 2.75) is 12.8 Å². The summed E-state index contributed by atoms with van der Waals surface area (Å²) in [5.74, 6) is 1.42. The Morgan fingerprint density at radius 1 is 1.35 bits per heavy atom. The van der Waals surface area contributed by atoms with E-state index >= 15 is 0 Å². The maximum Gasteiger partial charge on any atom is 0.228 e. The number of aromatic hydroxyl groups is 1. The van der Waals surface area contributed by atoms with Crippen molar-refractivity contribution in [3.8, 4) is 17.0 Å². The Morgan fingerprint density at radius 2 is 2.16 bits per heavy atom. The Labute approximate surface area is 181 Å². The van der Waals surface area contributed by atoms with Gasteiger partial charge in [-0.15, -0.1) is 0 Å². The molecule has 1 unspecified atom stereocenters. The van der Waals surface area contributed by atoms with Crippen LogP contribution in [0.3, 0.4) is 0 Å². The molecule has 1 atom stereocenters. The van der Waals surface area contributed by atoms with Gasteiger partial charge < -0.3 is 20.1 Å². The molecule has 0 saturated carbocycles. The van der Waals surface area contributed by atoms with Crippen LogP contribution in [0.4, 0.5) is 5.82 Å². The minimum atomic E-state index is -0.316. The fraction of sp³-hybridized carbons (Fsp3) is 0.455. The van der Waals surface area contributed by atoms with Crippen molar-refractivity contribution >= 4 is 17.6 Å². The number of ether oxygens (including phenoxy) is 1. The summed E-state index contributed by atoms with van der Waals surface area (Å²) in [5, 5.41) is 18.1. The van der Waals surface area contributed by atoms with E-state index in [9.17, 15) is 9.90 Å². The summed E-state index contributed by atoms with van der Waals surface area (Å²) in [5.41, 5.74) is 1.41. The van der Waals surface area contributed by atoms with Crippen molar-refractivity contribution < 1.29 is 14.6 Å². The Hall–Kier alpha value is -3.20. The van der Waals surface area contributed by atoms with Gasteiger partial charge in [0.15, 0.2) is 5.84 Å². The van der Waals surface area contributed by atoms with Crippen molar-refractivity contribution in [2.24, 2.45) is 16.8 Å². The number of aromatic nitrogens is 3. The number of dihydropyridines is 1. The molecule has 1 amide bonds. The molecule has 4 rings (SSSR count). The molecule has 0 aliphatic carbocycles. The first-order valence-electron chi connectivity index (χ1n) is 10.5. The number of nitrogens with one attached hydrogen (secondary N) is 1. The van der Waals surface area contributed by atoms with Crippen molar-refractivity contribution in [2.75, 3.05) is 45.3 Å². The van der Waals surface area contributed by atoms with Gasteiger partial charge in [-0.2, -0.15) is 9.78 Å². The molecule has 31 heavy (non-hydrogen) atoms. The summed E-state index contributed by atoms with van der Waals surface area (Å²) >= 11 is 0. The normalized spacial score (nSPS) is 19.2. The second kappa shape index (κ2) is 9.30. The van der Waals surface area contributed by atoms with E-state index in [1.54, 1.807) is 18.5 Å². The summed E-state index contributed by atoms with van der Waals surface area (Å²) in [6.07, 6.45) is 8.82. The van der Waals surface area contributed by atoms with Gasteiger partial charge in [0.25, 0.3) is 0 Å². The van der Waals surface area contributed by atoms with E-state index in [1.165, 1.54) is 4.68 Å². The molecular weight excluding hydrogens is 396 g/mol. The van der Waals surface area contributed by atoms with Crippen molar-refractivity contribution in [3.05, 3.63) is 36.7 Å². The highest BCUT2D eigenvalue weighted by molar-refractivity contribution is 5.98. The molecule has 4 heterocycles. The van der Waals surface area contributed by atoms with Gasteiger partial charge in [0.2, 0.25) is 11.8 Å². The second-order valence-electron chi connectivity index (χ2n) is 8.06. The van der Waals surface area contributed by atoms with Gasteiger partial charge in [-0.05, 0) is 42.5 Å². The summed E-state index contributed by atoms with van der Waals surface area (Å²) in [4.78, 5) is 23.2. The van der Waals surface area contributed by atoms with Crippen molar-refractivity contribution in [1.82, 2.24) is 20.1 Å². The van der Waals surface area contributed by atoms with Crippen LogP contribution in [0.25, 0.3) is 11.1 Å². The highest BCUT2D eigenvalue weighted by atomic mass is 16.5. The molecule has 0 bridgehead atoms. The number of hydrogen-bond donors (Lipinski definition) is 2. The van der Waals surface area contributed by atoms with Gasteiger partial charge in [0.05, 0.1) is 24.2 Å². The largest absolute Gasteiger partial charge is 0.493 e. The van der Waals surface area contributed by atoms with Gasteiger partial charge in [-0.3, -0.25) is 9.79 Å². The summed E-state index contributed by atoms with van der Waals surface area (Å²) in [6, 6.07) is 3.71. The zero-order valence-corrected chi connectivity index (χ0v) is 17.9. The molecule has 0 radical (unpaired) electrons. The lowest BCUT2D eigenvalue weighted by molar-refractivity contribution is -0.123. The Morgan fingerprint density at radius 3 is 2.87 bits per heavy atom. The van der Waals surface area contributed by atoms with Crippen LogP contribution in [-0.4, -0.2) is 72.0 Å². The lowest BCUT2D eigenvalue weighted by atomic mass is 9.99. The van der Waals surface area contributed by atoms with Gasteiger partial charge in [0, 0.05) is 40.1 Å². The lowest BCUT2D eigenvalue weighted by Gasteiger charge is -2.23. The number of carbonyl (C=O) groups excluding carboxylic acids is 1. The minimum Gasteiger partial charge on any atom is -0.493 e. The number of pyridine rings is 1. The molecular formula is C22H28N6O3. The van der Waals surface area contributed by atoms with E-state index in [4.69, 9.17) is 4.74 Å². The Kier molecular flexibility index (Phi) is 6.31. The predicted molar refractivity (Wildman–Crippen MR) is 118 cm³/mol. The van der Waals surface area contributed by atoms with Crippen LogP contribution in [0, 0.1) is 11.8 Å². The zero-order valence-electron chi connectivity index (χ0n) is 17.9. The van der Waals surface area contributed by atoms with Crippen molar-refractivity contribution in [3.63, 3.8) is 0 Å². The molecule has 2 aliphatic rings.